The van der Waals surface area contributed by atoms with Gasteiger partial charge in [0.05, 0.1) is 6.20 Å². The van der Waals surface area contributed by atoms with Gasteiger partial charge >= 0.3 is 6.18 Å². The first-order chi connectivity index (χ1) is 13.9. The van der Waals surface area contributed by atoms with E-state index >= 15 is 0 Å². The minimum absolute atomic E-state index is 0.0318. The van der Waals surface area contributed by atoms with Crippen molar-refractivity contribution in [1.82, 2.24) is 24.6 Å². The zero-order valence-corrected chi connectivity index (χ0v) is 14.6. The van der Waals surface area contributed by atoms with Crippen LogP contribution >= 0.6 is 0 Å². The van der Waals surface area contributed by atoms with Crippen molar-refractivity contribution in [2.45, 2.75) is 6.18 Å². The van der Waals surface area contributed by atoms with Crippen molar-refractivity contribution < 1.29 is 18.0 Å². The second kappa shape index (κ2) is 7.19. The molecule has 0 saturated heterocycles. The van der Waals surface area contributed by atoms with Crippen LogP contribution in [0.4, 0.5) is 30.6 Å². The van der Waals surface area contributed by atoms with Crippen LogP contribution in [-0.2, 0) is 6.18 Å². The lowest BCUT2D eigenvalue weighted by molar-refractivity contribution is -0.141. The van der Waals surface area contributed by atoms with Gasteiger partial charge < -0.3 is 10.6 Å². The van der Waals surface area contributed by atoms with E-state index in [1.807, 2.05) is 0 Å². The summed E-state index contributed by atoms with van der Waals surface area (Å²) in [5.74, 6) is 0.0622. The van der Waals surface area contributed by atoms with E-state index < -0.39 is 17.8 Å². The van der Waals surface area contributed by atoms with E-state index in [0.717, 1.165) is 6.07 Å². The molecule has 1 amide bonds. The van der Waals surface area contributed by atoms with Gasteiger partial charge in [0.1, 0.15) is 28.7 Å². The number of anilines is 3. The summed E-state index contributed by atoms with van der Waals surface area (Å²) in [6.45, 7) is 0. The molecule has 0 aliphatic rings. The molecule has 0 saturated carbocycles. The van der Waals surface area contributed by atoms with Gasteiger partial charge in [0.15, 0.2) is 5.65 Å². The van der Waals surface area contributed by atoms with E-state index in [0.29, 0.717) is 5.82 Å². The first-order valence-corrected chi connectivity index (χ1v) is 8.28. The second-order valence-electron chi connectivity index (χ2n) is 5.84. The zero-order chi connectivity index (χ0) is 20.4. The van der Waals surface area contributed by atoms with Crippen molar-refractivity contribution >= 4 is 29.0 Å². The number of carbonyl (C=O) groups is 1. The van der Waals surface area contributed by atoms with Crippen molar-refractivity contribution in [3.63, 3.8) is 0 Å². The Balaban J connectivity index is 1.61. The number of alkyl halides is 3. The van der Waals surface area contributed by atoms with Gasteiger partial charge in [0, 0.05) is 12.4 Å². The maximum absolute atomic E-state index is 12.8. The minimum atomic E-state index is -4.56. The molecule has 0 aliphatic heterocycles. The van der Waals surface area contributed by atoms with Crippen LogP contribution in [0.2, 0.25) is 0 Å². The number of aromatic nitrogens is 5. The number of rotatable bonds is 4. The molecule has 4 aromatic heterocycles. The monoisotopic (exact) mass is 399 g/mol. The first-order valence-electron chi connectivity index (χ1n) is 8.28. The molecule has 0 aromatic carbocycles. The van der Waals surface area contributed by atoms with Crippen LogP contribution in [0.3, 0.4) is 0 Å². The van der Waals surface area contributed by atoms with Gasteiger partial charge in [-0.1, -0.05) is 12.1 Å². The van der Waals surface area contributed by atoms with Crippen LogP contribution in [0.1, 0.15) is 16.1 Å². The van der Waals surface area contributed by atoms with Crippen molar-refractivity contribution in [3.05, 3.63) is 72.3 Å². The third-order valence-corrected chi connectivity index (χ3v) is 3.82. The van der Waals surface area contributed by atoms with Crippen LogP contribution in [0.25, 0.3) is 5.65 Å². The Morgan fingerprint density at radius 2 is 1.76 bits per heavy atom. The van der Waals surface area contributed by atoms with E-state index in [-0.39, 0.29) is 22.8 Å². The number of hydrogen-bond donors (Lipinski definition) is 2. The summed E-state index contributed by atoms with van der Waals surface area (Å²) < 4.78 is 39.9. The Labute approximate surface area is 161 Å². The fraction of sp³-hybridized carbons (Fsp3) is 0.0556. The number of hydrogen-bond acceptors (Lipinski definition) is 6. The number of halogens is 3. The van der Waals surface area contributed by atoms with Crippen molar-refractivity contribution in [3.8, 4) is 0 Å². The van der Waals surface area contributed by atoms with Gasteiger partial charge in [-0.2, -0.15) is 18.3 Å². The molecule has 0 unspecified atom stereocenters. The molecule has 4 heterocycles. The van der Waals surface area contributed by atoms with Crippen LogP contribution in [0, 0.1) is 0 Å². The highest BCUT2D eigenvalue weighted by atomic mass is 19.4. The summed E-state index contributed by atoms with van der Waals surface area (Å²) in [5, 5.41) is 9.39. The third kappa shape index (κ3) is 3.98. The fourth-order valence-corrected chi connectivity index (χ4v) is 2.51. The lowest BCUT2D eigenvalue weighted by atomic mass is 10.3. The van der Waals surface area contributed by atoms with E-state index in [4.69, 9.17) is 0 Å². The fourth-order valence-electron chi connectivity index (χ4n) is 2.51. The molecule has 4 rings (SSSR count). The maximum atomic E-state index is 12.8. The predicted molar refractivity (Wildman–Crippen MR) is 97.7 cm³/mol. The normalized spacial score (nSPS) is 11.4. The predicted octanol–water partition coefficient (Wildman–Crippen LogP) is 3.53. The van der Waals surface area contributed by atoms with E-state index in [9.17, 15) is 18.0 Å². The molecule has 146 valence electrons. The summed E-state index contributed by atoms with van der Waals surface area (Å²) >= 11 is 0. The lowest BCUT2D eigenvalue weighted by Crippen LogP contribution is -2.13. The number of nitrogens with zero attached hydrogens (tertiary/aromatic N) is 5. The average molecular weight is 399 g/mol. The molecule has 2 N–H and O–H groups in total. The van der Waals surface area contributed by atoms with Crippen molar-refractivity contribution in [2.24, 2.45) is 0 Å². The summed E-state index contributed by atoms with van der Waals surface area (Å²) in [4.78, 5) is 24.3. The van der Waals surface area contributed by atoms with Crippen molar-refractivity contribution in [2.75, 3.05) is 10.6 Å². The number of amides is 1. The van der Waals surface area contributed by atoms with Gasteiger partial charge in [0.2, 0.25) is 0 Å². The Morgan fingerprint density at radius 3 is 2.52 bits per heavy atom. The average Bonchev–Trinajstić information content (AvgIpc) is 3.12. The smallest absolute Gasteiger partial charge is 0.325 e. The third-order valence-electron chi connectivity index (χ3n) is 3.82. The van der Waals surface area contributed by atoms with Crippen molar-refractivity contribution in [1.29, 1.82) is 0 Å². The number of carbonyl (C=O) groups excluding carboxylic acids is 1. The van der Waals surface area contributed by atoms with Gasteiger partial charge in [0.25, 0.3) is 5.91 Å². The molecule has 0 spiro atoms. The van der Waals surface area contributed by atoms with Gasteiger partial charge in [-0.05, 0) is 30.3 Å². The molecule has 0 bridgehead atoms. The lowest BCUT2D eigenvalue weighted by Gasteiger charge is -2.09. The van der Waals surface area contributed by atoms with E-state index in [1.165, 1.54) is 41.3 Å². The van der Waals surface area contributed by atoms with E-state index in [1.54, 1.807) is 18.2 Å². The largest absolute Gasteiger partial charge is 0.433 e. The Morgan fingerprint density at radius 1 is 0.966 bits per heavy atom. The summed E-state index contributed by atoms with van der Waals surface area (Å²) in [5.41, 5.74) is -0.630. The minimum Gasteiger partial charge on any atom is -0.325 e. The number of nitrogens with one attached hydrogen (secondary N) is 2. The first kappa shape index (κ1) is 18.3. The van der Waals surface area contributed by atoms with Gasteiger partial charge in [-0.25, -0.2) is 19.5 Å². The molecular formula is C18H12F3N7O. The summed E-state index contributed by atoms with van der Waals surface area (Å²) in [6, 6.07) is 10.1. The molecule has 8 nitrogen and oxygen atoms in total. The van der Waals surface area contributed by atoms with Crippen LogP contribution in [0.5, 0.6) is 0 Å². The second-order valence-corrected chi connectivity index (χ2v) is 5.84. The quantitative estimate of drug-likeness (QED) is 0.545. The summed E-state index contributed by atoms with van der Waals surface area (Å²) in [6.07, 6.45) is -0.159. The Bertz CT molecular complexity index is 1180. The molecule has 0 radical (unpaired) electrons. The molecule has 0 aliphatic carbocycles. The molecule has 29 heavy (non-hydrogen) atoms. The molecule has 0 fully saturated rings. The van der Waals surface area contributed by atoms with Crippen LogP contribution in [0.15, 0.2) is 61.1 Å². The Kier molecular flexibility index (Phi) is 4.55. The highest BCUT2D eigenvalue weighted by molar-refractivity contribution is 6.07. The van der Waals surface area contributed by atoms with Gasteiger partial charge in [-0.15, -0.1) is 0 Å². The molecule has 0 atom stereocenters. The molecule has 4 aromatic rings. The molecule has 11 heteroatoms. The van der Waals surface area contributed by atoms with E-state index in [2.05, 4.69) is 30.7 Å². The highest BCUT2D eigenvalue weighted by Crippen LogP contribution is 2.28. The van der Waals surface area contributed by atoms with Crippen LogP contribution < -0.4 is 10.6 Å². The maximum Gasteiger partial charge on any atom is 0.433 e. The molecular weight excluding hydrogens is 387 g/mol. The highest BCUT2D eigenvalue weighted by Gasteiger charge is 2.32. The standard InChI is InChI=1S/C18H12F3N7O/c19-18(20,21)12-4-3-6-14(24-12)25-15-7-9-28-16(26-15)11(10-23-28)17(29)27-13-5-1-2-8-22-13/h1-10H,(H,22,27,29)(H,24,25,26). The summed E-state index contributed by atoms with van der Waals surface area (Å²) in [7, 11) is 0. The SMILES string of the molecule is O=C(Nc1ccccn1)c1cnn2ccc(Nc3cccc(C(F)(F)F)n3)nc12. The zero-order valence-electron chi connectivity index (χ0n) is 14.6. The van der Waals surface area contributed by atoms with Crippen LogP contribution in [-0.4, -0.2) is 30.5 Å². The number of fused-ring (bicyclic) bond motifs is 1. The van der Waals surface area contributed by atoms with Gasteiger partial charge in [-0.3, -0.25) is 4.79 Å². The number of pyridine rings is 2. The topological polar surface area (TPSA) is 97.1 Å². The Hall–Kier alpha value is -4.02.